The van der Waals surface area contributed by atoms with Crippen molar-refractivity contribution in [1.82, 2.24) is 14.5 Å². The summed E-state index contributed by atoms with van der Waals surface area (Å²) in [6.45, 7) is 3.02. The van der Waals surface area contributed by atoms with Gasteiger partial charge in [-0.2, -0.15) is 0 Å². The van der Waals surface area contributed by atoms with Gasteiger partial charge in [-0.05, 0) is 43.7 Å². The number of imidazole rings is 1. The molecule has 5 nitrogen and oxygen atoms in total. The van der Waals surface area contributed by atoms with Gasteiger partial charge in [-0.1, -0.05) is 23.2 Å². The molecule has 0 bridgehead atoms. The molecule has 142 valence electrons. The number of benzene rings is 1. The van der Waals surface area contributed by atoms with E-state index >= 15 is 0 Å². The van der Waals surface area contributed by atoms with Crippen LogP contribution in [0.3, 0.4) is 0 Å². The van der Waals surface area contributed by atoms with E-state index in [4.69, 9.17) is 33.9 Å². The van der Waals surface area contributed by atoms with Crippen molar-refractivity contribution in [2.24, 2.45) is 5.73 Å². The summed E-state index contributed by atoms with van der Waals surface area (Å²) in [5.41, 5.74) is 8.55. The number of hydrogen-bond acceptors (Lipinski definition) is 4. The first kappa shape index (κ1) is 18.5. The molecule has 4 rings (SSSR count). The molecular formula is C19H20Cl2FN5. The first-order valence-electron chi connectivity index (χ1n) is 8.87. The van der Waals surface area contributed by atoms with Crippen LogP contribution in [0.15, 0.2) is 36.5 Å². The van der Waals surface area contributed by atoms with Crippen LogP contribution in [0.25, 0.3) is 11.0 Å². The van der Waals surface area contributed by atoms with Crippen LogP contribution < -0.4 is 10.6 Å². The number of fused-ring (bicyclic) bond motifs is 1. The van der Waals surface area contributed by atoms with Gasteiger partial charge in [-0.3, -0.25) is 4.98 Å². The highest BCUT2D eigenvalue weighted by Crippen LogP contribution is 2.33. The number of anilines is 1. The summed E-state index contributed by atoms with van der Waals surface area (Å²) in [6, 6.07) is 8.67. The number of rotatable bonds is 3. The fraction of sp³-hybridized carbons (Fsp3) is 0.368. The highest BCUT2D eigenvalue weighted by Gasteiger charge is 2.30. The van der Waals surface area contributed by atoms with Crippen molar-refractivity contribution in [3.8, 4) is 0 Å². The number of aromatic nitrogens is 3. The number of alkyl halides is 1. The molecule has 2 aromatic heterocycles. The number of nitrogens with two attached hydrogens (primary N) is 1. The van der Waals surface area contributed by atoms with Gasteiger partial charge in [0, 0.05) is 24.3 Å². The third kappa shape index (κ3) is 3.49. The lowest BCUT2D eigenvalue weighted by molar-refractivity contribution is 0.243. The molecule has 1 fully saturated rings. The number of piperidine rings is 1. The van der Waals surface area contributed by atoms with Crippen LogP contribution in [0.1, 0.15) is 25.1 Å². The number of nitrogens with zero attached hydrogens (tertiary/aromatic N) is 4. The van der Waals surface area contributed by atoms with Gasteiger partial charge in [-0.25, -0.2) is 9.37 Å². The smallest absolute Gasteiger partial charge is 0.207 e. The molecule has 2 N–H and O–H groups in total. The highest BCUT2D eigenvalue weighted by molar-refractivity contribution is 6.31. The molecule has 1 saturated heterocycles. The van der Waals surface area contributed by atoms with Gasteiger partial charge in [0.2, 0.25) is 5.95 Å². The molecule has 1 aliphatic rings. The lowest BCUT2D eigenvalue weighted by atomic mass is 10.1. The Bertz CT molecular complexity index is 959. The number of halogens is 3. The predicted octanol–water partition coefficient (Wildman–Crippen LogP) is 4.22. The molecule has 8 heteroatoms. The van der Waals surface area contributed by atoms with Crippen LogP contribution >= 0.6 is 23.2 Å². The SMILES string of the molecule is CC(c1ccc(Cl)cn1)n1c(N2CCC(F)[C@H](N)C2)nc2ccc(Cl)cc21. The first-order chi connectivity index (χ1) is 12.9. The van der Waals surface area contributed by atoms with E-state index in [0.717, 1.165) is 22.7 Å². The zero-order valence-corrected chi connectivity index (χ0v) is 16.3. The van der Waals surface area contributed by atoms with E-state index in [1.807, 2.05) is 42.2 Å². The van der Waals surface area contributed by atoms with E-state index in [0.29, 0.717) is 29.6 Å². The Morgan fingerprint density at radius 2 is 2.00 bits per heavy atom. The third-order valence-electron chi connectivity index (χ3n) is 5.05. The van der Waals surface area contributed by atoms with E-state index in [1.54, 1.807) is 6.20 Å². The van der Waals surface area contributed by atoms with E-state index < -0.39 is 12.2 Å². The lowest BCUT2D eigenvalue weighted by Gasteiger charge is -2.34. The van der Waals surface area contributed by atoms with Gasteiger partial charge in [0.1, 0.15) is 6.17 Å². The minimum atomic E-state index is -0.983. The van der Waals surface area contributed by atoms with Crippen molar-refractivity contribution in [3.05, 3.63) is 52.3 Å². The van der Waals surface area contributed by atoms with Crippen LogP contribution in [0.2, 0.25) is 10.0 Å². The molecule has 0 spiro atoms. The van der Waals surface area contributed by atoms with Crippen molar-refractivity contribution in [1.29, 1.82) is 0 Å². The van der Waals surface area contributed by atoms with Crippen LogP contribution in [-0.2, 0) is 0 Å². The molecule has 0 aliphatic carbocycles. The van der Waals surface area contributed by atoms with Crippen LogP contribution in [0.5, 0.6) is 0 Å². The molecule has 3 heterocycles. The molecule has 2 unspecified atom stereocenters. The molecule has 0 saturated carbocycles. The Hall–Kier alpha value is -1.89. The molecular weight excluding hydrogens is 388 g/mol. The van der Waals surface area contributed by atoms with Crippen molar-refractivity contribution in [2.75, 3.05) is 18.0 Å². The van der Waals surface area contributed by atoms with E-state index in [-0.39, 0.29) is 6.04 Å². The van der Waals surface area contributed by atoms with E-state index in [2.05, 4.69) is 9.55 Å². The Morgan fingerprint density at radius 3 is 2.70 bits per heavy atom. The summed E-state index contributed by atoms with van der Waals surface area (Å²) in [7, 11) is 0. The molecule has 27 heavy (non-hydrogen) atoms. The number of hydrogen-bond donors (Lipinski definition) is 1. The maximum absolute atomic E-state index is 13.9. The lowest BCUT2D eigenvalue weighted by Crippen LogP contribution is -2.50. The zero-order chi connectivity index (χ0) is 19.1. The Labute approximate surface area is 166 Å². The summed E-state index contributed by atoms with van der Waals surface area (Å²) in [5.74, 6) is 0.749. The summed E-state index contributed by atoms with van der Waals surface area (Å²) < 4.78 is 16.0. The monoisotopic (exact) mass is 407 g/mol. The van der Waals surface area contributed by atoms with Gasteiger partial charge >= 0.3 is 0 Å². The molecule has 0 amide bonds. The minimum Gasteiger partial charge on any atom is -0.340 e. The van der Waals surface area contributed by atoms with Crippen molar-refractivity contribution in [3.63, 3.8) is 0 Å². The average Bonchev–Trinajstić information content (AvgIpc) is 3.02. The van der Waals surface area contributed by atoms with Gasteiger partial charge in [0.25, 0.3) is 0 Å². The van der Waals surface area contributed by atoms with Crippen LogP contribution in [-0.4, -0.2) is 39.8 Å². The fourth-order valence-corrected chi connectivity index (χ4v) is 3.84. The van der Waals surface area contributed by atoms with Crippen LogP contribution in [0.4, 0.5) is 10.3 Å². The highest BCUT2D eigenvalue weighted by atomic mass is 35.5. The molecule has 1 aromatic carbocycles. The topological polar surface area (TPSA) is 60.0 Å². The summed E-state index contributed by atoms with van der Waals surface area (Å²) in [5, 5.41) is 1.21. The van der Waals surface area contributed by atoms with Gasteiger partial charge in [-0.15, -0.1) is 0 Å². The molecule has 1 aliphatic heterocycles. The van der Waals surface area contributed by atoms with Gasteiger partial charge < -0.3 is 15.2 Å². The molecule has 3 atom stereocenters. The van der Waals surface area contributed by atoms with Crippen molar-refractivity contribution >= 4 is 40.2 Å². The summed E-state index contributed by atoms with van der Waals surface area (Å²) >= 11 is 12.2. The standard InChI is InChI=1S/C19H20Cl2FN5/c1-11(16-4-3-13(21)9-24-16)27-18-8-12(20)2-5-17(18)25-19(27)26-7-6-14(22)15(23)10-26/h2-5,8-9,11,14-15H,6-7,10,23H2,1H3/t11?,14?,15-/m1/s1. The molecule has 0 radical (unpaired) electrons. The van der Waals surface area contributed by atoms with Crippen LogP contribution in [0, 0.1) is 0 Å². The Kier molecular flexibility index (Phi) is 4.97. The van der Waals surface area contributed by atoms with Gasteiger partial charge in [0.05, 0.1) is 33.8 Å². The second-order valence-corrected chi connectivity index (χ2v) is 7.78. The Balaban J connectivity index is 1.83. The first-order valence-corrected chi connectivity index (χ1v) is 9.63. The van der Waals surface area contributed by atoms with E-state index in [9.17, 15) is 4.39 Å². The summed E-state index contributed by atoms with van der Waals surface area (Å²) in [4.78, 5) is 11.3. The minimum absolute atomic E-state index is 0.111. The number of pyridine rings is 1. The van der Waals surface area contributed by atoms with E-state index in [1.165, 1.54) is 0 Å². The molecule has 3 aromatic rings. The largest absolute Gasteiger partial charge is 0.340 e. The zero-order valence-electron chi connectivity index (χ0n) is 14.8. The Morgan fingerprint density at radius 1 is 1.22 bits per heavy atom. The van der Waals surface area contributed by atoms with Gasteiger partial charge in [0.15, 0.2) is 0 Å². The quantitative estimate of drug-likeness (QED) is 0.705. The predicted molar refractivity (Wildman–Crippen MR) is 108 cm³/mol. The third-order valence-corrected chi connectivity index (χ3v) is 5.51. The second kappa shape index (κ2) is 7.26. The maximum atomic E-state index is 13.9. The van der Waals surface area contributed by atoms with Crippen molar-refractivity contribution < 1.29 is 4.39 Å². The normalized spacial score (nSPS) is 21.6. The second-order valence-electron chi connectivity index (χ2n) is 6.91. The van der Waals surface area contributed by atoms with Crippen molar-refractivity contribution in [2.45, 2.75) is 31.6 Å². The summed E-state index contributed by atoms with van der Waals surface area (Å²) in [6.07, 6.45) is 1.03. The maximum Gasteiger partial charge on any atom is 0.207 e. The fourth-order valence-electron chi connectivity index (χ4n) is 3.56. The average molecular weight is 408 g/mol.